The Morgan fingerprint density at radius 2 is 1.18 bits per heavy atom. The molecule has 0 amide bonds. The Labute approximate surface area is 72.7 Å². The van der Waals surface area contributed by atoms with Crippen LogP contribution in [-0.2, 0) is 0 Å². The zero-order valence-electron chi connectivity index (χ0n) is 9.12. The lowest BCUT2D eigenvalue weighted by molar-refractivity contribution is 0.469. The highest BCUT2D eigenvalue weighted by molar-refractivity contribution is 4.89. The molecule has 0 heterocycles. The molecule has 0 nitrogen and oxygen atoms in total. The topological polar surface area (TPSA) is 0 Å². The SMILES string of the molecule is C=C(CC)CC.CC(C)(C)C. The minimum atomic E-state index is 0.500. The molecule has 0 spiro atoms. The third-order valence-electron chi connectivity index (χ3n) is 1.000. The molecule has 0 atom stereocenters. The molecule has 0 aliphatic carbocycles. The number of rotatable bonds is 2. The van der Waals surface area contributed by atoms with Crippen molar-refractivity contribution < 1.29 is 0 Å². The van der Waals surface area contributed by atoms with Crippen LogP contribution in [0.4, 0.5) is 0 Å². The van der Waals surface area contributed by atoms with Crippen LogP contribution < -0.4 is 0 Å². The first-order chi connectivity index (χ1) is 4.81. The van der Waals surface area contributed by atoms with Crippen LogP contribution in [0, 0.1) is 5.41 Å². The molecule has 0 rings (SSSR count). The molecule has 0 saturated carbocycles. The van der Waals surface area contributed by atoms with Crippen molar-refractivity contribution in [3.05, 3.63) is 12.2 Å². The van der Waals surface area contributed by atoms with E-state index in [0.29, 0.717) is 5.41 Å². The largest absolute Gasteiger partial charge is 0.0999 e. The van der Waals surface area contributed by atoms with Crippen molar-refractivity contribution in [1.29, 1.82) is 0 Å². The molecule has 68 valence electrons. The molecular weight excluding hydrogens is 132 g/mol. The predicted molar refractivity (Wildman–Crippen MR) is 54.9 cm³/mol. The van der Waals surface area contributed by atoms with Crippen LogP contribution >= 0.6 is 0 Å². The van der Waals surface area contributed by atoms with Crippen molar-refractivity contribution in [2.24, 2.45) is 5.41 Å². The second kappa shape index (κ2) is 6.45. The first kappa shape index (κ1) is 13.3. The van der Waals surface area contributed by atoms with E-state index in [9.17, 15) is 0 Å². The summed E-state index contributed by atoms with van der Waals surface area (Å²) in [6.07, 6.45) is 2.27. The van der Waals surface area contributed by atoms with Crippen molar-refractivity contribution in [2.45, 2.75) is 54.4 Å². The Bertz CT molecular complexity index is 81.1. The van der Waals surface area contributed by atoms with E-state index >= 15 is 0 Å². The van der Waals surface area contributed by atoms with Gasteiger partial charge in [-0.15, -0.1) is 0 Å². The van der Waals surface area contributed by atoms with Gasteiger partial charge >= 0.3 is 0 Å². The van der Waals surface area contributed by atoms with E-state index in [1.165, 1.54) is 5.57 Å². The van der Waals surface area contributed by atoms with Crippen molar-refractivity contribution in [3.8, 4) is 0 Å². The second-order valence-corrected chi connectivity index (χ2v) is 4.46. The maximum atomic E-state index is 3.79. The van der Waals surface area contributed by atoms with E-state index < -0.39 is 0 Å². The van der Waals surface area contributed by atoms with Crippen LogP contribution in [-0.4, -0.2) is 0 Å². The van der Waals surface area contributed by atoms with Gasteiger partial charge in [-0.3, -0.25) is 0 Å². The molecular formula is C11H24. The summed E-state index contributed by atoms with van der Waals surface area (Å²) in [7, 11) is 0. The molecule has 11 heavy (non-hydrogen) atoms. The molecule has 0 aliphatic rings. The average Bonchev–Trinajstić information content (AvgIpc) is 1.83. The fourth-order valence-corrected chi connectivity index (χ4v) is 0.250. The number of hydrogen-bond acceptors (Lipinski definition) is 0. The highest BCUT2D eigenvalue weighted by Gasteiger charge is 1.95. The third kappa shape index (κ3) is 41.7. The minimum Gasteiger partial charge on any atom is -0.0999 e. The summed E-state index contributed by atoms with van der Waals surface area (Å²) in [4.78, 5) is 0. The maximum absolute atomic E-state index is 3.79. The Balaban J connectivity index is 0. The van der Waals surface area contributed by atoms with Crippen LogP contribution in [0.3, 0.4) is 0 Å². The summed E-state index contributed by atoms with van der Waals surface area (Å²) < 4.78 is 0. The summed E-state index contributed by atoms with van der Waals surface area (Å²) in [5.41, 5.74) is 1.84. The van der Waals surface area contributed by atoms with Gasteiger partial charge in [-0.1, -0.05) is 53.7 Å². The summed E-state index contributed by atoms with van der Waals surface area (Å²) in [6, 6.07) is 0. The molecule has 0 heteroatoms. The second-order valence-electron chi connectivity index (χ2n) is 4.46. The molecule has 0 aromatic carbocycles. The van der Waals surface area contributed by atoms with Gasteiger partial charge in [-0.05, 0) is 18.3 Å². The van der Waals surface area contributed by atoms with Gasteiger partial charge in [-0.2, -0.15) is 0 Å². The molecule has 0 fully saturated rings. The van der Waals surface area contributed by atoms with Gasteiger partial charge in [0.15, 0.2) is 0 Å². The normalized spacial score (nSPS) is 10.0. The highest BCUT2D eigenvalue weighted by Crippen LogP contribution is 2.08. The summed E-state index contributed by atoms with van der Waals surface area (Å²) >= 11 is 0. The Morgan fingerprint density at radius 1 is 1.00 bits per heavy atom. The van der Waals surface area contributed by atoms with Crippen LogP contribution in [0.5, 0.6) is 0 Å². The van der Waals surface area contributed by atoms with Crippen LogP contribution in [0.1, 0.15) is 54.4 Å². The summed E-state index contributed by atoms with van der Waals surface area (Å²) in [5, 5.41) is 0. The van der Waals surface area contributed by atoms with Crippen molar-refractivity contribution in [3.63, 3.8) is 0 Å². The number of allylic oxidation sites excluding steroid dienone is 1. The zero-order chi connectivity index (χ0) is 9.49. The molecule has 0 aromatic heterocycles. The highest BCUT2D eigenvalue weighted by atomic mass is 14.0. The number of hydrogen-bond donors (Lipinski definition) is 0. The summed E-state index contributed by atoms with van der Waals surface area (Å²) in [5.74, 6) is 0. The Kier molecular flexibility index (Phi) is 7.82. The first-order valence-corrected chi connectivity index (χ1v) is 4.47. The quantitative estimate of drug-likeness (QED) is 0.519. The van der Waals surface area contributed by atoms with Crippen molar-refractivity contribution in [1.82, 2.24) is 0 Å². The van der Waals surface area contributed by atoms with Gasteiger partial charge in [0, 0.05) is 0 Å². The van der Waals surface area contributed by atoms with E-state index in [-0.39, 0.29) is 0 Å². The fraction of sp³-hybridized carbons (Fsp3) is 0.818. The van der Waals surface area contributed by atoms with Crippen LogP contribution in [0.15, 0.2) is 12.2 Å². The van der Waals surface area contributed by atoms with Gasteiger partial charge in [0.1, 0.15) is 0 Å². The third-order valence-corrected chi connectivity index (χ3v) is 1.000. The molecule has 0 aromatic rings. The van der Waals surface area contributed by atoms with Gasteiger partial charge in [0.05, 0.1) is 0 Å². The van der Waals surface area contributed by atoms with Crippen molar-refractivity contribution >= 4 is 0 Å². The van der Waals surface area contributed by atoms with Gasteiger partial charge < -0.3 is 0 Å². The fourth-order valence-electron chi connectivity index (χ4n) is 0.250. The van der Waals surface area contributed by atoms with Crippen LogP contribution in [0.25, 0.3) is 0 Å². The van der Waals surface area contributed by atoms with Gasteiger partial charge in [0.25, 0.3) is 0 Å². The Morgan fingerprint density at radius 3 is 1.18 bits per heavy atom. The first-order valence-electron chi connectivity index (χ1n) is 4.47. The zero-order valence-corrected chi connectivity index (χ0v) is 9.12. The van der Waals surface area contributed by atoms with Crippen LogP contribution in [0.2, 0.25) is 0 Å². The molecule has 0 bridgehead atoms. The standard InChI is InChI=1S/C6H12.C5H12/c1-4-6(3)5-2;1-5(2,3)4/h3-5H2,1-2H3;1-4H3. The molecule has 0 aliphatic heterocycles. The molecule has 0 unspecified atom stereocenters. The Hall–Kier alpha value is -0.260. The maximum Gasteiger partial charge on any atom is -0.0352 e. The van der Waals surface area contributed by atoms with E-state index in [0.717, 1.165) is 12.8 Å². The van der Waals surface area contributed by atoms with Crippen molar-refractivity contribution in [2.75, 3.05) is 0 Å². The average molecular weight is 156 g/mol. The monoisotopic (exact) mass is 156 g/mol. The molecule has 0 saturated heterocycles. The lowest BCUT2D eigenvalue weighted by Crippen LogP contribution is -1.93. The van der Waals surface area contributed by atoms with E-state index in [1.54, 1.807) is 0 Å². The summed E-state index contributed by atoms with van der Waals surface area (Å²) in [6.45, 7) is 16.8. The lowest BCUT2D eigenvalue weighted by atomic mass is 10.0. The van der Waals surface area contributed by atoms with E-state index in [4.69, 9.17) is 0 Å². The van der Waals surface area contributed by atoms with Gasteiger partial charge in [-0.25, -0.2) is 0 Å². The van der Waals surface area contributed by atoms with Gasteiger partial charge in [0.2, 0.25) is 0 Å². The smallest absolute Gasteiger partial charge is 0.0352 e. The predicted octanol–water partition coefficient (Wildman–Crippen LogP) is 4.42. The lowest BCUT2D eigenvalue weighted by Gasteiger charge is -2.05. The molecule has 0 N–H and O–H groups in total. The van der Waals surface area contributed by atoms with E-state index in [1.807, 2.05) is 0 Å². The van der Waals surface area contributed by atoms with E-state index in [2.05, 4.69) is 48.1 Å². The molecule has 0 radical (unpaired) electrons. The minimum absolute atomic E-state index is 0.500.